The van der Waals surface area contributed by atoms with Crippen molar-refractivity contribution in [1.82, 2.24) is 21.5 Å². The molecular formula is C25H24N4O3S. The molecule has 8 heteroatoms. The van der Waals surface area contributed by atoms with Crippen molar-refractivity contribution in [2.24, 2.45) is 0 Å². The van der Waals surface area contributed by atoms with Crippen molar-refractivity contribution in [3.8, 4) is 0 Å². The van der Waals surface area contributed by atoms with Gasteiger partial charge >= 0.3 is 0 Å². The molecule has 168 valence electrons. The Morgan fingerprint density at radius 3 is 2.09 bits per heavy atom. The van der Waals surface area contributed by atoms with Gasteiger partial charge in [-0.25, -0.2) is 0 Å². The minimum absolute atomic E-state index is 0.198. The Morgan fingerprint density at radius 1 is 0.758 bits per heavy atom. The molecule has 0 aliphatic rings. The summed E-state index contributed by atoms with van der Waals surface area (Å²) in [5, 5.41) is 5.74. The highest BCUT2D eigenvalue weighted by molar-refractivity contribution is 7.80. The van der Waals surface area contributed by atoms with Crippen LogP contribution in [0.15, 0.2) is 78.9 Å². The molecule has 0 unspecified atom stereocenters. The van der Waals surface area contributed by atoms with Crippen LogP contribution in [0, 0.1) is 6.92 Å². The van der Waals surface area contributed by atoms with Crippen LogP contribution in [0.1, 0.15) is 37.4 Å². The van der Waals surface area contributed by atoms with E-state index in [1.165, 1.54) is 0 Å². The zero-order chi connectivity index (χ0) is 23.6. The fraction of sp³-hybridized carbons (Fsp3) is 0.120. The van der Waals surface area contributed by atoms with E-state index in [0.717, 1.165) is 11.1 Å². The highest BCUT2D eigenvalue weighted by Crippen LogP contribution is 2.15. The molecule has 0 atom stereocenters. The Morgan fingerprint density at radius 2 is 1.39 bits per heavy atom. The SMILES string of the molecule is Cc1ccc(C(=O)c2ccccc2C(=O)NCC(=O)NNC(=S)NCc2ccccc2)cc1. The van der Waals surface area contributed by atoms with Crippen LogP contribution in [-0.4, -0.2) is 29.3 Å². The molecule has 3 aromatic carbocycles. The van der Waals surface area contributed by atoms with Crippen molar-refractivity contribution in [3.63, 3.8) is 0 Å². The van der Waals surface area contributed by atoms with E-state index in [1.54, 1.807) is 36.4 Å². The predicted octanol–water partition coefficient (Wildman–Crippen LogP) is 2.65. The van der Waals surface area contributed by atoms with Gasteiger partial charge in [-0.3, -0.25) is 25.2 Å². The molecule has 0 saturated heterocycles. The standard InChI is InChI=1S/C25H24N4O3S/c1-17-11-13-19(14-12-17)23(31)20-9-5-6-10-21(20)24(32)26-16-22(30)28-29-25(33)27-15-18-7-3-2-4-8-18/h2-14H,15-16H2,1H3,(H,26,32)(H,28,30)(H2,27,29,33). The average molecular weight is 461 g/mol. The Bertz CT molecular complexity index is 1150. The van der Waals surface area contributed by atoms with E-state index in [0.29, 0.717) is 12.1 Å². The first-order chi connectivity index (χ1) is 15.9. The number of aryl methyl sites for hydroxylation is 1. The Hall–Kier alpha value is -4.04. The summed E-state index contributed by atoms with van der Waals surface area (Å²) in [6.07, 6.45) is 0. The largest absolute Gasteiger partial charge is 0.357 e. The number of hydrogen-bond donors (Lipinski definition) is 4. The molecule has 0 saturated carbocycles. The van der Waals surface area contributed by atoms with E-state index in [-0.39, 0.29) is 28.6 Å². The van der Waals surface area contributed by atoms with Crippen molar-refractivity contribution < 1.29 is 14.4 Å². The summed E-state index contributed by atoms with van der Waals surface area (Å²) in [6.45, 7) is 2.15. The van der Waals surface area contributed by atoms with Crippen LogP contribution in [0.2, 0.25) is 0 Å². The summed E-state index contributed by atoms with van der Waals surface area (Å²) < 4.78 is 0. The van der Waals surface area contributed by atoms with Gasteiger partial charge in [-0.05, 0) is 30.8 Å². The van der Waals surface area contributed by atoms with E-state index in [2.05, 4.69) is 21.5 Å². The fourth-order valence-corrected chi connectivity index (χ4v) is 3.11. The highest BCUT2D eigenvalue weighted by Gasteiger charge is 2.18. The second kappa shape index (κ2) is 11.5. The summed E-state index contributed by atoms with van der Waals surface area (Å²) in [7, 11) is 0. The van der Waals surface area contributed by atoms with Crippen molar-refractivity contribution in [2.75, 3.05) is 6.54 Å². The minimum atomic E-state index is -0.522. The molecule has 0 aliphatic carbocycles. The number of amides is 2. The molecule has 3 rings (SSSR count). The van der Waals surface area contributed by atoms with E-state index >= 15 is 0 Å². The number of rotatable bonds is 7. The van der Waals surface area contributed by atoms with Gasteiger partial charge in [0.25, 0.3) is 11.8 Å². The quantitative estimate of drug-likeness (QED) is 0.246. The summed E-state index contributed by atoms with van der Waals surface area (Å²) >= 11 is 5.12. The lowest BCUT2D eigenvalue weighted by Crippen LogP contribution is -2.49. The van der Waals surface area contributed by atoms with Crippen molar-refractivity contribution in [3.05, 3.63) is 107 Å². The lowest BCUT2D eigenvalue weighted by atomic mass is 9.97. The zero-order valence-corrected chi connectivity index (χ0v) is 18.9. The maximum absolute atomic E-state index is 12.9. The molecule has 4 N–H and O–H groups in total. The Labute approximate surface area is 197 Å². The molecule has 0 heterocycles. The van der Waals surface area contributed by atoms with E-state index in [9.17, 15) is 14.4 Å². The molecule has 0 bridgehead atoms. The number of benzene rings is 3. The van der Waals surface area contributed by atoms with Crippen molar-refractivity contribution >= 4 is 34.9 Å². The maximum atomic E-state index is 12.9. The van der Waals surface area contributed by atoms with Crippen LogP contribution in [-0.2, 0) is 11.3 Å². The van der Waals surface area contributed by atoms with Crippen LogP contribution >= 0.6 is 12.2 Å². The number of carbonyl (C=O) groups excluding carboxylic acids is 3. The molecule has 0 fully saturated rings. The van der Waals surface area contributed by atoms with E-state index in [1.807, 2.05) is 49.4 Å². The van der Waals surface area contributed by atoms with Gasteiger partial charge in [0.1, 0.15) is 0 Å². The van der Waals surface area contributed by atoms with Gasteiger partial charge in [0, 0.05) is 17.7 Å². The molecule has 33 heavy (non-hydrogen) atoms. The summed E-state index contributed by atoms with van der Waals surface area (Å²) in [5.41, 5.74) is 8.03. The van der Waals surface area contributed by atoms with Crippen molar-refractivity contribution in [2.45, 2.75) is 13.5 Å². The zero-order valence-electron chi connectivity index (χ0n) is 18.1. The number of nitrogens with one attached hydrogen (secondary N) is 4. The van der Waals surface area contributed by atoms with E-state index in [4.69, 9.17) is 12.2 Å². The van der Waals surface area contributed by atoms with Gasteiger partial charge in [-0.2, -0.15) is 0 Å². The molecule has 0 aliphatic heterocycles. The molecule has 7 nitrogen and oxygen atoms in total. The molecule has 2 amide bonds. The molecule has 3 aromatic rings. The van der Waals surface area contributed by atoms with Gasteiger partial charge in [0.2, 0.25) is 0 Å². The molecule has 0 radical (unpaired) electrons. The second-order valence-electron chi connectivity index (χ2n) is 7.26. The third-order valence-corrected chi connectivity index (χ3v) is 5.00. The normalized spacial score (nSPS) is 10.1. The second-order valence-corrected chi connectivity index (χ2v) is 7.67. The molecule has 0 aromatic heterocycles. The van der Waals surface area contributed by atoms with Gasteiger partial charge < -0.3 is 10.6 Å². The monoisotopic (exact) mass is 460 g/mol. The third-order valence-electron chi connectivity index (χ3n) is 4.75. The summed E-state index contributed by atoms with van der Waals surface area (Å²) in [6, 6.07) is 23.3. The van der Waals surface area contributed by atoms with Crippen LogP contribution in [0.3, 0.4) is 0 Å². The Kier molecular flexibility index (Phi) is 8.26. The highest BCUT2D eigenvalue weighted by atomic mass is 32.1. The van der Waals surface area contributed by atoms with Gasteiger partial charge in [-0.1, -0.05) is 78.4 Å². The number of thiocarbonyl (C=S) groups is 1. The minimum Gasteiger partial charge on any atom is -0.357 e. The maximum Gasteiger partial charge on any atom is 0.257 e. The smallest absolute Gasteiger partial charge is 0.257 e. The summed E-state index contributed by atoms with van der Waals surface area (Å²) in [4.78, 5) is 37.6. The molecule has 0 spiro atoms. The number of ketones is 1. The van der Waals surface area contributed by atoms with E-state index < -0.39 is 11.8 Å². The topological polar surface area (TPSA) is 99.3 Å². The lowest BCUT2D eigenvalue weighted by Gasteiger charge is -2.13. The molecular weight excluding hydrogens is 436 g/mol. The van der Waals surface area contributed by atoms with Crippen LogP contribution in [0.4, 0.5) is 0 Å². The predicted molar refractivity (Wildman–Crippen MR) is 131 cm³/mol. The van der Waals surface area contributed by atoms with Crippen LogP contribution in [0.25, 0.3) is 0 Å². The Balaban J connectivity index is 1.50. The first kappa shape index (κ1) is 23.6. The fourth-order valence-electron chi connectivity index (χ4n) is 2.99. The number of hydrazine groups is 1. The van der Waals surface area contributed by atoms with Crippen LogP contribution < -0.4 is 21.5 Å². The van der Waals surface area contributed by atoms with Gasteiger partial charge in [-0.15, -0.1) is 0 Å². The first-order valence-electron chi connectivity index (χ1n) is 10.3. The van der Waals surface area contributed by atoms with Crippen molar-refractivity contribution in [1.29, 1.82) is 0 Å². The van der Waals surface area contributed by atoms with Crippen LogP contribution in [0.5, 0.6) is 0 Å². The average Bonchev–Trinajstić information content (AvgIpc) is 2.85. The van der Waals surface area contributed by atoms with Gasteiger partial charge in [0.05, 0.1) is 12.1 Å². The lowest BCUT2D eigenvalue weighted by molar-refractivity contribution is -0.120. The number of hydrogen-bond acceptors (Lipinski definition) is 4. The first-order valence-corrected chi connectivity index (χ1v) is 10.7. The summed E-state index contributed by atoms with van der Waals surface area (Å²) in [5.74, 6) is -1.28. The number of carbonyl (C=O) groups is 3. The third kappa shape index (κ3) is 6.98. The van der Waals surface area contributed by atoms with Gasteiger partial charge in [0.15, 0.2) is 10.9 Å².